The van der Waals surface area contributed by atoms with E-state index in [-0.39, 0.29) is 12.5 Å². The van der Waals surface area contributed by atoms with Crippen molar-refractivity contribution in [3.63, 3.8) is 0 Å². The van der Waals surface area contributed by atoms with Gasteiger partial charge in [0.05, 0.1) is 17.2 Å². The molecular formula is C13H18ClNO2. The largest absolute Gasteiger partial charge is 0.395 e. The molecule has 0 spiro atoms. The molecule has 0 saturated heterocycles. The minimum Gasteiger partial charge on any atom is -0.395 e. The van der Waals surface area contributed by atoms with Crippen LogP contribution in [0, 0.1) is 6.92 Å². The molecule has 1 N–H and O–H groups in total. The fourth-order valence-electron chi connectivity index (χ4n) is 1.69. The molecule has 0 radical (unpaired) electrons. The smallest absolute Gasteiger partial charge is 0.255 e. The maximum Gasteiger partial charge on any atom is 0.255 e. The van der Waals surface area contributed by atoms with Crippen LogP contribution in [0.5, 0.6) is 0 Å². The monoisotopic (exact) mass is 255 g/mol. The number of hydrogen-bond acceptors (Lipinski definition) is 2. The Morgan fingerprint density at radius 3 is 2.71 bits per heavy atom. The molecule has 0 heterocycles. The molecule has 1 rings (SSSR count). The summed E-state index contributed by atoms with van der Waals surface area (Å²) in [6.07, 6.45) is 0.856. The molecule has 1 aromatic rings. The van der Waals surface area contributed by atoms with Gasteiger partial charge in [0.25, 0.3) is 5.91 Å². The number of aryl methyl sites for hydroxylation is 1. The van der Waals surface area contributed by atoms with Crippen molar-refractivity contribution in [2.75, 3.05) is 19.7 Å². The first-order valence-corrected chi connectivity index (χ1v) is 6.14. The van der Waals surface area contributed by atoms with Crippen molar-refractivity contribution in [1.82, 2.24) is 4.90 Å². The summed E-state index contributed by atoms with van der Waals surface area (Å²) in [7, 11) is 0. The van der Waals surface area contributed by atoms with E-state index in [4.69, 9.17) is 16.7 Å². The summed E-state index contributed by atoms with van der Waals surface area (Å²) < 4.78 is 0. The third kappa shape index (κ3) is 3.45. The molecule has 0 saturated carbocycles. The molecule has 1 aromatic carbocycles. The first-order chi connectivity index (χ1) is 8.11. The summed E-state index contributed by atoms with van der Waals surface area (Å²) in [6, 6.07) is 5.41. The van der Waals surface area contributed by atoms with Gasteiger partial charge in [-0.25, -0.2) is 0 Å². The van der Waals surface area contributed by atoms with Crippen LogP contribution in [-0.2, 0) is 0 Å². The highest BCUT2D eigenvalue weighted by Gasteiger charge is 2.17. The Hall–Kier alpha value is -1.06. The van der Waals surface area contributed by atoms with Crippen molar-refractivity contribution in [3.05, 3.63) is 34.3 Å². The van der Waals surface area contributed by atoms with E-state index in [0.29, 0.717) is 23.7 Å². The van der Waals surface area contributed by atoms with E-state index in [1.807, 2.05) is 26.0 Å². The van der Waals surface area contributed by atoms with Crippen LogP contribution >= 0.6 is 11.6 Å². The molecule has 0 bridgehead atoms. The fraction of sp³-hybridized carbons (Fsp3) is 0.462. The molecule has 0 aliphatic heterocycles. The number of carbonyl (C=O) groups excluding carboxylic acids is 1. The molecular weight excluding hydrogens is 238 g/mol. The number of hydrogen-bond donors (Lipinski definition) is 1. The molecule has 94 valence electrons. The van der Waals surface area contributed by atoms with Crippen molar-refractivity contribution < 1.29 is 9.90 Å². The Kier molecular flexibility index (Phi) is 5.45. The average molecular weight is 256 g/mol. The number of rotatable bonds is 5. The second kappa shape index (κ2) is 6.62. The van der Waals surface area contributed by atoms with Crippen LogP contribution in [0.1, 0.15) is 29.3 Å². The van der Waals surface area contributed by atoms with Gasteiger partial charge in [0.15, 0.2) is 0 Å². The van der Waals surface area contributed by atoms with Gasteiger partial charge in [-0.2, -0.15) is 0 Å². The summed E-state index contributed by atoms with van der Waals surface area (Å²) in [5.41, 5.74) is 1.39. The number of nitrogens with zero attached hydrogens (tertiary/aromatic N) is 1. The zero-order valence-electron chi connectivity index (χ0n) is 10.2. The first kappa shape index (κ1) is 14.0. The van der Waals surface area contributed by atoms with Crippen molar-refractivity contribution in [1.29, 1.82) is 0 Å². The quantitative estimate of drug-likeness (QED) is 0.878. The van der Waals surface area contributed by atoms with Gasteiger partial charge < -0.3 is 10.0 Å². The number of amides is 1. The third-order valence-corrected chi connectivity index (χ3v) is 3.07. The molecule has 0 aliphatic rings. The minimum absolute atomic E-state index is 0.0326. The second-order valence-corrected chi connectivity index (χ2v) is 4.33. The van der Waals surface area contributed by atoms with E-state index in [2.05, 4.69) is 0 Å². The number of halogens is 1. The van der Waals surface area contributed by atoms with E-state index < -0.39 is 0 Å². The summed E-state index contributed by atoms with van der Waals surface area (Å²) in [6.45, 7) is 4.81. The van der Waals surface area contributed by atoms with Crippen LogP contribution in [0.4, 0.5) is 0 Å². The summed E-state index contributed by atoms with van der Waals surface area (Å²) >= 11 is 6.12. The maximum absolute atomic E-state index is 12.2. The Morgan fingerprint density at radius 1 is 1.41 bits per heavy atom. The van der Waals surface area contributed by atoms with Gasteiger partial charge in [0.2, 0.25) is 0 Å². The lowest BCUT2D eigenvalue weighted by atomic mass is 10.1. The van der Waals surface area contributed by atoms with Crippen LogP contribution < -0.4 is 0 Å². The molecule has 0 fully saturated rings. The summed E-state index contributed by atoms with van der Waals surface area (Å²) in [5, 5.41) is 9.45. The van der Waals surface area contributed by atoms with Crippen molar-refractivity contribution in [3.8, 4) is 0 Å². The van der Waals surface area contributed by atoms with Gasteiger partial charge in [0, 0.05) is 13.1 Å². The molecule has 4 heteroatoms. The Morgan fingerprint density at radius 2 is 2.12 bits per heavy atom. The van der Waals surface area contributed by atoms with Crippen molar-refractivity contribution >= 4 is 17.5 Å². The lowest BCUT2D eigenvalue weighted by Crippen LogP contribution is -2.34. The minimum atomic E-state index is -0.116. The van der Waals surface area contributed by atoms with Crippen molar-refractivity contribution in [2.24, 2.45) is 0 Å². The SMILES string of the molecule is CCCN(CCO)C(=O)c1cccc(C)c1Cl. The Labute approximate surface area is 107 Å². The highest BCUT2D eigenvalue weighted by atomic mass is 35.5. The van der Waals surface area contributed by atoms with Gasteiger partial charge in [0.1, 0.15) is 0 Å². The fourth-order valence-corrected chi connectivity index (χ4v) is 1.90. The van der Waals surface area contributed by atoms with E-state index in [9.17, 15) is 4.79 Å². The zero-order valence-corrected chi connectivity index (χ0v) is 11.0. The van der Waals surface area contributed by atoms with Crippen LogP contribution in [0.2, 0.25) is 5.02 Å². The average Bonchev–Trinajstić information content (AvgIpc) is 2.31. The van der Waals surface area contributed by atoms with Crippen molar-refractivity contribution in [2.45, 2.75) is 20.3 Å². The van der Waals surface area contributed by atoms with E-state index >= 15 is 0 Å². The maximum atomic E-state index is 12.2. The number of aliphatic hydroxyl groups excluding tert-OH is 1. The molecule has 0 atom stereocenters. The number of carbonyl (C=O) groups is 1. The lowest BCUT2D eigenvalue weighted by Gasteiger charge is -2.21. The predicted molar refractivity (Wildman–Crippen MR) is 69.5 cm³/mol. The van der Waals surface area contributed by atoms with E-state index in [1.54, 1.807) is 11.0 Å². The summed E-state index contributed by atoms with van der Waals surface area (Å²) in [5.74, 6) is -0.116. The standard InChI is InChI=1S/C13H18ClNO2/c1-3-7-15(8-9-16)13(17)11-6-4-5-10(2)12(11)14/h4-6,16H,3,7-9H2,1-2H3. The number of aliphatic hydroxyl groups is 1. The first-order valence-electron chi connectivity index (χ1n) is 5.77. The number of benzene rings is 1. The van der Waals surface area contributed by atoms with Crippen LogP contribution in [0.15, 0.2) is 18.2 Å². The molecule has 1 amide bonds. The van der Waals surface area contributed by atoms with E-state index in [0.717, 1.165) is 12.0 Å². The molecule has 0 unspecified atom stereocenters. The van der Waals surface area contributed by atoms with Gasteiger partial charge in [-0.3, -0.25) is 4.79 Å². The van der Waals surface area contributed by atoms with Gasteiger partial charge in [-0.1, -0.05) is 30.7 Å². The molecule has 0 aliphatic carbocycles. The molecule has 3 nitrogen and oxygen atoms in total. The molecule has 17 heavy (non-hydrogen) atoms. The topological polar surface area (TPSA) is 40.5 Å². The third-order valence-electron chi connectivity index (χ3n) is 2.57. The van der Waals surface area contributed by atoms with Gasteiger partial charge in [-0.15, -0.1) is 0 Å². The van der Waals surface area contributed by atoms with Crippen LogP contribution in [0.3, 0.4) is 0 Å². The highest BCUT2D eigenvalue weighted by Crippen LogP contribution is 2.21. The lowest BCUT2D eigenvalue weighted by molar-refractivity contribution is 0.0722. The zero-order chi connectivity index (χ0) is 12.8. The van der Waals surface area contributed by atoms with Gasteiger partial charge >= 0.3 is 0 Å². The van der Waals surface area contributed by atoms with Crippen LogP contribution in [-0.4, -0.2) is 35.6 Å². The normalized spacial score (nSPS) is 10.4. The van der Waals surface area contributed by atoms with Gasteiger partial charge in [-0.05, 0) is 25.0 Å². The predicted octanol–water partition coefficient (Wildman–Crippen LogP) is 2.49. The highest BCUT2D eigenvalue weighted by molar-refractivity contribution is 6.34. The summed E-state index contributed by atoms with van der Waals surface area (Å²) in [4.78, 5) is 13.9. The second-order valence-electron chi connectivity index (χ2n) is 3.95. The van der Waals surface area contributed by atoms with E-state index in [1.165, 1.54) is 0 Å². The Balaban J connectivity index is 2.96. The molecule has 0 aromatic heterocycles. The Bertz CT molecular complexity index is 387. The van der Waals surface area contributed by atoms with Crippen LogP contribution in [0.25, 0.3) is 0 Å².